The standard InChI is InChI=1S/C13H26O3/c1-5-7-8-9-10-13(4,12(14)15)16-11(3)6-2/h11H,5-10H2,1-4H3,(H,14,15). The first kappa shape index (κ1) is 15.4. The van der Waals surface area contributed by atoms with Crippen LogP contribution in [0.2, 0.25) is 0 Å². The van der Waals surface area contributed by atoms with E-state index in [-0.39, 0.29) is 6.10 Å². The van der Waals surface area contributed by atoms with Crippen LogP contribution in [0.4, 0.5) is 0 Å². The lowest BCUT2D eigenvalue weighted by molar-refractivity contribution is -0.171. The van der Waals surface area contributed by atoms with E-state index >= 15 is 0 Å². The Labute approximate surface area is 99.2 Å². The van der Waals surface area contributed by atoms with Gasteiger partial charge in [0.2, 0.25) is 0 Å². The normalized spacial score (nSPS) is 16.8. The number of rotatable bonds is 9. The van der Waals surface area contributed by atoms with Gasteiger partial charge in [0.25, 0.3) is 0 Å². The molecule has 0 radical (unpaired) electrons. The van der Waals surface area contributed by atoms with Gasteiger partial charge in [-0.3, -0.25) is 0 Å². The first-order valence-corrected chi connectivity index (χ1v) is 6.37. The minimum absolute atomic E-state index is 0.00674. The lowest BCUT2D eigenvalue weighted by Crippen LogP contribution is -2.40. The fraction of sp³-hybridized carbons (Fsp3) is 0.923. The Kier molecular flexibility index (Phi) is 7.39. The van der Waals surface area contributed by atoms with E-state index in [9.17, 15) is 9.90 Å². The summed E-state index contributed by atoms with van der Waals surface area (Å²) in [5.74, 6) is -0.843. The van der Waals surface area contributed by atoms with Crippen molar-refractivity contribution in [2.75, 3.05) is 0 Å². The van der Waals surface area contributed by atoms with Gasteiger partial charge in [-0.15, -0.1) is 0 Å². The zero-order chi connectivity index (χ0) is 12.6. The topological polar surface area (TPSA) is 46.5 Å². The quantitative estimate of drug-likeness (QED) is 0.615. The van der Waals surface area contributed by atoms with Gasteiger partial charge in [-0.25, -0.2) is 4.79 Å². The van der Waals surface area contributed by atoms with Gasteiger partial charge in [-0.1, -0.05) is 33.1 Å². The van der Waals surface area contributed by atoms with Crippen LogP contribution in [0.15, 0.2) is 0 Å². The minimum Gasteiger partial charge on any atom is -0.479 e. The van der Waals surface area contributed by atoms with E-state index in [4.69, 9.17) is 4.74 Å². The number of hydrogen-bond donors (Lipinski definition) is 1. The monoisotopic (exact) mass is 230 g/mol. The van der Waals surface area contributed by atoms with E-state index in [0.29, 0.717) is 6.42 Å². The molecule has 0 bridgehead atoms. The zero-order valence-electron chi connectivity index (χ0n) is 11.1. The summed E-state index contributed by atoms with van der Waals surface area (Å²) in [6.07, 6.45) is 5.79. The van der Waals surface area contributed by atoms with Gasteiger partial charge in [0, 0.05) is 0 Å². The van der Waals surface area contributed by atoms with Crippen LogP contribution >= 0.6 is 0 Å². The summed E-state index contributed by atoms with van der Waals surface area (Å²) in [7, 11) is 0. The van der Waals surface area contributed by atoms with Crippen LogP contribution in [0.25, 0.3) is 0 Å². The summed E-state index contributed by atoms with van der Waals surface area (Å²) in [6.45, 7) is 7.76. The molecule has 0 saturated heterocycles. The van der Waals surface area contributed by atoms with Crippen LogP contribution in [-0.2, 0) is 9.53 Å². The molecule has 0 amide bonds. The van der Waals surface area contributed by atoms with Crippen LogP contribution in [0.3, 0.4) is 0 Å². The van der Waals surface area contributed by atoms with Crippen LogP contribution in [0, 0.1) is 0 Å². The van der Waals surface area contributed by atoms with Crippen molar-refractivity contribution in [2.24, 2.45) is 0 Å². The third-order valence-electron chi connectivity index (χ3n) is 3.00. The van der Waals surface area contributed by atoms with Gasteiger partial charge >= 0.3 is 5.97 Å². The van der Waals surface area contributed by atoms with Crippen molar-refractivity contribution in [3.05, 3.63) is 0 Å². The zero-order valence-corrected chi connectivity index (χ0v) is 11.1. The third-order valence-corrected chi connectivity index (χ3v) is 3.00. The van der Waals surface area contributed by atoms with Gasteiger partial charge in [0.05, 0.1) is 6.10 Å². The Bertz CT molecular complexity index is 203. The van der Waals surface area contributed by atoms with Gasteiger partial charge in [-0.05, 0) is 33.1 Å². The molecule has 0 saturated carbocycles. The molecule has 16 heavy (non-hydrogen) atoms. The fourth-order valence-electron chi connectivity index (χ4n) is 1.63. The summed E-state index contributed by atoms with van der Waals surface area (Å²) < 4.78 is 5.63. The molecule has 2 unspecified atom stereocenters. The molecule has 96 valence electrons. The first-order valence-electron chi connectivity index (χ1n) is 6.37. The molecule has 0 aromatic rings. The van der Waals surface area contributed by atoms with Crippen molar-refractivity contribution < 1.29 is 14.6 Å². The predicted octanol–water partition coefficient (Wildman–Crippen LogP) is 3.62. The summed E-state index contributed by atoms with van der Waals surface area (Å²) in [4.78, 5) is 11.2. The molecule has 0 aliphatic carbocycles. The number of carboxylic acid groups (broad SMARTS) is 1. The summed E-state index contributed by atoms with van der Waals surface area (Å²) in [5.41, 5.74) is -1.01. The lowest BCUT2D eigenvalue weighted by Gasteiger charge is -2.28. The van der Waals surface area contributed by atoms with Crippen molar-refractivity contribution in [2.45, 2.75) is 77.9 Å². The van der Waals surface area contributed by atoms with Crippen molar-refractivity contribution in [1.29, 1.82) is 0 Å². The molecule has 0 fully saturated rings. The van der Waals surface area contributed by atoms with Gasteiger partial charge in [0.1, 0.15) is 0 Å². The maximum atomic E-state index is 11.2. The molecule has 0 aliphatic heterocycles. The van der Waals surface area contributed by atoms with E-state index in [1.807, 2.05) is 13.8 Å². The van der Waals surface area contributed by atoms with Crippen molar-refractivity contribution in [3.63, 3.8) is 0 Å². The molecule has 0 spiro atoms. The van der Waals surface area contributed by atoms with Crippen LogP contribution in [-0.4, -0.2) is 22.8 Å². The third kappa shape index (κ3) is 5.50. The largest absolute Gasteiger partial charge is 0.479 e. The highest BCUT2D eigenvalue weighted by Crippen LogP contribution is 2.23. The Balaban J connectivity index is 4.17. The molecule has 3 heteroatoms. The van der Waals surface area contributed by atoms with Gasteiger partial charge < -0.3 is 9.84 Å². The molecule has 0 aromatic heterocycles. The highest BCUT2D eigenvalue weighted by molar-refractivity contribution is 5.76. The van der Waals surface area contributed by atoms with E-state index in [2.05, 4.69) is 6.92 Å². The number of carbonyl (C=O) groups is 1. The number of aliphatic carboxylic acids is 1. The molecule has 2 atom stereocenters. The maximum absolute atomic E-state index is 11.2. The highest BCUT2D eigenvalue weighted by Gasteiger charge is 2.34. The van der Waals surface area contributed by atoms with E-state index in [1.165, 1.54) is 6.42 Å². The van der Waals surface area contributed by atoms with E-state index < -0.39 is 11.6 Å². The summed E-state index contributed by atoms with van der Waals surface area (Å²) in [5, 5.41) is 9.21. The van der Waals surface area contributed by atoms with Gasteiger partial charge in [0.15, 0.2) is 5.60 Å². The average molecular weight is 230 g/mol. The molecular formula is C13H26O3. The van der Waals surface area contributed by atoms with Crippen molar-refractivity contribution in [1.82, 2.24) is 0 Å². The number of ether oxygens (including phenoxy) is 1. The molecule has 1 N–H and O–H groups in total. The van der Waals surface area contributed by atoms with Crippen LogP contribution in [0.5, 0.6) is 0 Å². The molecular weight excluding hydrogens is 204 g/mol. The Morgan fingerprint density at radius 2 is 1.94 bits per heavy atom. The first-order chi connectivity index (χ1) is 7.46. The summed E-state index contributed by atoms with van der Waals surface area (Å²) >= 11 is 0. The number of unbranched alkanes of at least 4 members (excludes halogenated alkanes) is 3. The predicted molar refractivity (Wildman–Crippen MR) is 65.6 cm³/mol. The Morgan fingerprint density at radius 3 is 2.38 bits per heavy atom. The summed E-state index contributed by atoms with van der Waals surface area (Å²) in [6, 6.07) is 0. The van der Waals surface area contributed by atoms with Crippen molar-refractivity contribution in [3.8, 4) is 0 Å². The van der Waals surface area contributed by atoms with E-state index in [0.717, 1.165) is 25.7 Å². The van der Waals surface area contributed by atoms with Crippen LogP contribution in [0.1, 0.15) is 66.2 Å². The second kappa shape index (κ2) is 7.66. The maximum Gasteiger partial charge on any atom is 0.335 e. The number of carboxylic acids is 1. The smallest absolute Gasteiger partial charge is 0.335 e. The fourth-order valence-corrected chi connectivity index (χ4v) is 1.63. The van der Waals surface area contributed by atoms with Gasteiger partial charge in [-0.2, -0.15) is 0 Å². The lowest BCUT2D eigenvalue weighted by atomic mass is 9.97. The van der Waals surface area contributed by atoms with E-state index in [1.54, 1.807) is 6.92 Å². The molecule has 0 aromatic carbocycles. The highest BCUT2D eigenvalue weighted by atomic mass is 16.5. The second-order valence-electron chi connectivity index (χ2n) is 4.68. The molecule has 0 rings (SSSR count). The molecule has 0 heterocycles. The number of hydrogen-bond acceptors (Lipinski definition) is 2. The van der Waals surface area contributed by atoms with Crippen LogP contribution < -0.4 is 0 Å². The van der Waals surface area contributed by atoms with Crippen molar-refractivity contribution >= 4 is 5.97 Å². The molecule has 0 aliphatic rings. The molecule has 3 nitrogen and oxygen atoms in total. The minimum atomic E-state index is -1.01. The average Bonchev–Trinajstić information content (AvgIpc) is 2.24. The Hall–Kier alpha value is -0.570. The Morgan fingerprint density at radius 1 is 1.31 bits per heavy atom. The SMILES string of the molecule is CCCCCCC(C)(OC(C)CC)C(=O)O. The second-order valence-corrected chi connectivity index (χ2v) is 4.68.